The smallest absolute Gasteiger partial charge is 0.270 e. The highest BCUT2D eigenvalue weighted by molar-refractivity contribution is 6.24. The third-order valence-corrected chi connectivity index (χ3v) is 4.38. The second-order valence-corrected chi connectivity index (χ2v) is 5.94. The zero-order valence-corrected chi connectivity index (χ0v) is 13.5. The van der Waals surface area contributed by atoms with Gasteiger partial charge in [-0.3, -0.25) is 19.7 Å². The number of hydrogen-bond acceptors (Lipinski definition) is 4. The number of nitrogens with zero attached hydrogens (tertiary/aromatic N) is 1. The van der Waals surface area contributed by atoms with Crippen molar-refractivity contribution >= 4 is 34.0 Å². The van der Waals surface area contributed by atoms with E-state index in [-0.39, 0.29) is 23.7 Å². The number of benzene rings is 3. The first-order chi connectivity index (χ1) is 12.5. The Morgan fingerprint density at radius 2 is 1.92 bits per heavy atom. The fourth-order valence-corrected chi connectivity index (χ4v) is 3.14. The average Bonchev–Trinajstić information content (AvgIpc) is 2.98. The molecule has 1 aliphatic rings. The molecule has 0 bridgehead atoms. The van der Waals surface area contributed by atoms with Gasteiger partial charge in [-0.1, -0.05) is 24.3 Å². The number of nitro groups is 1. The molecule has 0 unspecified atom stereocenters. The number of carbonyl (C=O) groups is 2. The molecule has 2 N–H and O–H groups in total. The van der Waals surface area contributed by atoms with Crippen molar-refractivity contribution in [3.63, 3.8) is 0 Å². The number of amides is 2. The molecule has 128 valence electrons. The third kappa shape index (κ3) is 2.55. The Bertz CT molecular complexity index is 1090. The van der Waals surface area contributed by atoms with E-state index in [2.05, 4.69) is 10.6 Å². The second kappa shape index (κ2) is 5.96. The van der Waals surface area contributed by atoms with Gasteiger partial charge in [0.15, 0.2) is 0 Å². The maximum Gasteiger partial charge on any atom is 0.270 e. The number of non-ortho nitro benzene ring substituents is 1. The minimum Gasteiger partial charge on any atom is -0.348 e. The van der Waals surface area contributed by atoms with E-state index in [4.69, 9.17) is 0 Å². The first kappa shape index (κ1) is 15.8. The van der Waals surface area contributed by atoms with Gasteiger partial charge in [-0.15, -0.1) is 0 Å². The molecule has 0 radical (unpaired) electrons. The van der Waals surface area contributed by atoms with Crippen molar-refractivity contribution in [2.45, 2.75) is 6.54 Å². The summed E-state index contributed by atoms with van der Waals surface area (Å²) >= 11 is 0. The standard InChI is InChI=1S/C19H13N3O4/c23-18(11-3-1-4-13(9-11)22(25)26)20-10-12-7-8-16-17-14(12)5-2-6-15(17)19(24)21-16/h1-9H,10H2,(H,20,23)(H,21,24). The van der Waals surface area contributed by atoms with E-state index in [0.717, 1.165) is 22.0 Å². The minimum atomic E-state index is -0.538. The monoisotopic (exact) mass is 347 g/mol. The zero-order valence-electron chi connectivity index (χ0n) is 13.5. The van der Waals surface area contributed by atoms with Gasteiger partial charge in [0, 0.05) is 40.9 Å². The van der Waals surface area contributed by atoms with E-state index in [1.807, 2.05) is 18.2 Å². The first-order valence-electron chi connectivity index (χ1n) is 7.93. The van der Waals surface area contributed by atoms with Crippen molar-refractivity contribution in [2.75, 3.05) is 5.32 Å². The summed E-state index contributed by atoms with van der Waals surface area (Å²) in [4.78, 5) is 34.6. The first-order valence-corrected chi connectivity index (χ1v) is 7.93. The van der Waals surface area contributed by atoms with Gasteiger partial charge in [0.05, 0.1) is 4.92 Å². The van der Waals surface area contributed by atoms with E-state index in [1.165, 1.54) is 24.3 Å². The van der Waals surface area contributed by atoms with Gasteiger partial charge in [-0.05, 0) is 29.1 Å². The lowest BCUT2D eigenvalue weighted by molar-refractivity contribution is -0.384. The summed E-state index contributed by atoms with van der Waals surface area (Å²) in [5.41, 5.74) is 2.33. The van der Waals surface area contributed by atoms with Crippen molar-refractivity contribution in [2.24, 2.45) is 0 Å². The molecule has 1 heterocycles. The number of carbonyl (C=O) groups excluding carboxylic acids is 2. The van der Waals surface area contributed by atoms with E-state index >= 15 is 0 Å². The molecule has 1 aliphatic heterocycles. The molecule has 7 nitrogen and oxygen atoms in total. The molecule has 0 spiro atoms. The normalized spacial score (nSPS) is 12.1. The number of nitro benzene ring substituents is 1. The van der Waals surface area contributed by atoms with Crippen LogP contribution >= 0.6 is 0 Å². The van der Waals surface area contributed by atoms with Crippen LogP contribution in [0.2, 0.25) is 0 Å². The summed E-state index contributed by atoms with van der Waals surface area (Å²) in [5, 5.41) is 18.2. The topological polar surface area (TPSA) is 101 Å². The summed E-state index contributed by atoms with van der Waals surface area (Å²) in [6.45, 7) is 0.246. The summed E-state index contributed by atoms with van der Waals surface area (Å²) in [6.07, 6.45) is 0. The Labute approximate surface area is 147 Å². The van der Waals surface area contributed by atoms with Crippen LogP contribution in [0.3, 0.4) is 0 Å². The molecule has 2 amide bonds. The van der Waals surface area contributed by atoms with Crippen LogP contribution in [-0.4, -0.2) is 16.7 Å². The molecule has 0 aromatic heterocycles. The maximum absolute atomic E-state index is 12.3. The van der Waals surface area contributed by atoms with Crippen molar-refractivity contribution in [3.05, 3.63) is 81.4 Å². The number of rotatable bonds is 4. The quantitative estimate of drug-likeness (QED) is 0.559. The molecule has 26 heavy (non-hydrogen) atoms. The molecule has 0 saturated heterocycles. The Hall–Kier alpha value is -3.74. The van der Waals surface area contributed by atoms with Gasteiger partial charge < -0.3 is 10.6 Å². The van der Waals surface area contributed by atoms with Crippen LogP contribution in [0.15, 0.2) is 54.6 Å². The van der Waals surface area contributed by atoms with Gasteiger partial charge >= 0.3 is 0 Å². The van der Waals surface area contributed by atoms with Crippen LogP contribution in [-0.2, 0) is 6.54 Å². The molecule has 0 fully saturated rings. The fraction of sp³-hybridized carbons (Fsp3) is 0.0526. The highest BCUT2D eigenvalue weighted by Gasteiger charge is 2.22. The van der Waals surface area contributed by atoms with Gasteiger partial charge in [0.1, 0.15) is 0 Å². The second-order valence-electron chi connectivity index (χ2n) is 5.94. The van der Waals surface area contributed by atoms with Gasteiger partial charge in [-0.2, -0.15) is 0 Å². The van der Waals surface area contributed by atoms with Crippen LogP contribution in [0.5, 0.6) is 0 Å². The Kier molecular flexibility index (Phi) is 3.62. The molecule has 0 aliphatic carbocycles. The Balaban J connectivity index is 1.60. The molecule has 3 aromatic rings. The van der Waals surface area contributed by atoms with Crippen LogP contribution in [0.4, 0.5) is 11.4 Å². The van der Waals surface area contributed by atoms with Crippen molar-refractivity contribution < 1.29 is 14.5 Å². The summed E-state index contributed by atoms with van der Waals surface area (Å²) in [6, 6.07) is 14.7. The van der Waals surface area contributed by atoms with E-state index in [1.54, 1.807) is 12.1 Å². The molecule has 3 aromatic carbocycles. The van der Waals surface area contributed by atoms with Crippen LogP contribution in [0, 0.1) is 10.1 Å². The lowest BCUT2D eigenvalue weighted by Crippen LogP contribution is -2.22. The predicted molar refractivity (Wildman–Crippen MR) is 96.2 cm³/mol. The summed E-state index contributed by atoms with van der Waals surface area (Å²) in [5.74, 6) is -0.533. The van der Waals surface area contributed by atoms with E-state index in [0.29, 0.717) is 5.56 Å². The van der Waals surface area contributed by atoms with Crippen LogP contribution in [0.25, 0.3) is 10.8 Å². The molecular weight excluding hydrogens is 334 g/mol. The Morgan fingerprint density at radius 3 is 2.73 bits per heavy atom. The van der Waals surface area contributed by atoms with Crippen molar-refractivity contribution in [1.29, 1.82) is 0 Å². The highest BCUT2D eigenvalue weighted by Crippen LogP contribution is 2.34. The number of hydrogen-bond donors (Lipinski definition) is 2. The van der Waals surface area contributed by atoms with E-state index < -0.39 is 10.8 Å². The molecule has 4 rings (SSSR count). The third-order valence-electron chi connectivity index (χ3n) is 4.38. The maximum atomic E-state index is 12.3. The zero-order chi connectivity index (χ0) is 18.3. The average molecular weight is 347 g/mol. The largest absolute Gasteiger partial charge is 0.348 e. The number of anilines is 1. The minimum absolute atomic E-state index is 0.132. The summed E-state index contributed by atoms with van der Waals surface area (Å²) in [7, 11) is 0. The van der Waals surface area contributed by atoms with Crippen molar-refractivity contribution in [3.8, 4) is 0 Å². The Morgan fingerprint density at radius 1 is 1.12 bits per heavy atom. The lowest BCUT2D eigenvalue weighted by Gasteiger charge is -2.09. The molecule has 7 heteroatoms. The molecule has 0 saturated carbocycles. The highest BCUT2D eigenvalue weighted by atomic mass is 16.6. The van der Waals surface area contributed by atoms with Crippen LogP contribution in [0.1, 0.15) is 26.3 Å². The number of nitrogens with one attached hydrogen (secondary N) is 2. The van der Waals surface area contributed by atoms with Gasteiger partial charge in [0.25, 0.3) is 17.5 Å². The van der Waals surface area contributed by atoms with Gasteiger partial charge in [0.2, 0.25) is 0 Å². The lowest BCUT2D eigenvalue weighted by atomic mass is 10.0. The SMILES string of the molecule is O=C(NCc1ccc2c3c(cccc13)C(=O)N2)c1cccc([N+](=O)[O-])c1. The molecular formula is C19H13N3O4. The summed E-state index contributed by atoms with van der Waals surface area (Å²) < 4.78 is 0. The van der Waals surface area contributed by atoms with Crippen LogP contribution < -0.4 is 10.6 Å². The van der Waals surface area contributed by atoms with Gasteiger partial charge in [-0.25, -0.2) is 0 Å². The predicted octanol–water partition coefficient (Wildman–Crippen LogP) is 3.24. The van der Waals surface area contributed by atoms with E-state index in [9.17, 15) is 19.7 Å². The fourth-order valence-electron chi connectivity index (χ4n) is 3.14. The van der Waals surface area contributed by atoms with Crippen molar-refractivity contribution in [1.82, 2.24) is 5.32 Å². The molecule has 0 atom stereocenters.